The molecule has 0 spiro atoms. The summed E-state index contributed by atoms with van der Waals surface area (Å²) in [6.45, 7) is 0. The molecule has 1 aliphatic rings. The van der Waals surface area contributed by atoms with Gasteiger partial charge < -0.3 is 0 Å². The van der Waals surface area contributed by atoms with Crippen LogP contribution in [0, 0.1) is 15.9 Å². The van der Waals surface area contributed by atoms with Gasteiger partial charge in [-0.05, 0) is 42.0 Å². The van der Waals surface area contributed by atoms with Crippen molar-refractivity contribution in [1.29, 1.82) is 0 Å². The zero-order valence-electron chi connectivity index (χ0n) is 12.7. The van der Waals surface area contributed by atoms with E-state index in [4.69, 9.17) is 0 Å². The Balaban J connectivity index is 1.73. The van der Waals surface area contributed by atoms with Crippen molar-refractivity contribution in [1.82, 2.24) is 14.9 Å². The first-order valence-corrected chi connectivity index (χ1v) is 8.27. The van der Waals surface area contributed by atoms with Gasteiger partial charge in [0.25, 0.3) is 5.69 Å². The number of non-ortho nitro benzene ring substituents is 1. The fourth-order valence-electron chi connectivity index (χ4n) is 2.42. The second kappa shape index (κ2) is 6.10. The zero-order valence-corrected chi connectivity index (χ0v) is 13.5. The Morgan fingerprint density at radius 2 is 1.72 bits per heavy atom. The van der Waals surface area contributed by atoms with Crippen molar-refractivity contribution in [3.05, 3.63) is 70.0 Å². The minimum atomic E-state index is -0.439. The van der Waals surface area contributed by atoms with E-state index in [9.17, 15) is 14.5 Å². The molecule has 0 bridgehead atoms. The van der Waals surface area contributed by atoms with Gasteiger partial charge in [0.1, 0.15) is 5.82 Å². The molecule has 0 fully saturated rings. The standard InChI is InChI=1S/C16H10FN5O2S/c17-12-5-1-11(2-6-12)15-18-19-16-21(15)20-14(9-25-16)10-3-7-13(8-4-10)22(23)24/h1-8H,9H2. The van der Waals surface area contributed by atoms with Crippen LogP contribution >= 0.6 is 11.8 Å². The molecular formula is C16H10FN5O2S. The van der Waals surface area contributed by atoms with E-state index in [0.717, 1.165) is 11.3 Å². The lowest BCUT2D eigenvalue weighted by molar-refractivity contribution is -0.384. The van der Waals surface area contributed by atoms with Crippen LogP contribution in [0.3, 0.4) is 0 Å². The third-order valence-electron chi connectivity index (χ3n) is 3.68. The van der Waals surface area contributed by atoms with Crippen LogP contribution in [-0.4, -0.2) is 31.3 Å². The summed E-state index contributed by atoms with van der Waals surface area (Å²) in [5.41, 5.74) is 2.29. The molecular weight excluding hydrogens is 345 g/mol. The third-order valence-corrected chi connectivity index (χ3v) is 4.62. The SMILES string of the molecule is O=[N+]([O-])c1ccc(C2=Nn3c(nnc3-c3ccc(F)cc3)SC2)cc1. The molecule has 0 radical (unpaired) electrons. The van der Waals surface area contributed by atoms with Crippen molar-refractivity contribution < 1.29 is 9.31 Å². The average molecular weight is 355 g/mol. The summed E-state index contributed by atoms with van der Waals surface area (Å²) in [6, 6.07) is 12.2. The second-order valence-electron chi connectivity index (χ2n) is 5.26. The fourth-order valence-corrected chi connectivity index (χ4v) is 3.26. The van der Waals surface area contributed by atoms with E-state index in [0.29, 0.717) is 22.3 Å². The molecule has 2 heterocycles. The maximum Gasteiger partial charge on any atom is 0.269 e. The minimum Gasteiger partial charge on any atom is -0.258 e. The smallest absolute Gasteiger partial charge is 0.258 e. The number of halogens is 1. The van der Waals surface area contributed by atoms with E-state index >= 15 is 0 Å². The normalized spacial score (nSPS) is 13.2. The van der Waals surface area contributed by atoms with Gasteiger partial charge in [-0.1, -0.05) is 11.8 Å². The molecule has 2 aromatic carbocycles. The molecule has 1 aliphatic heterocycles. The van der Waals surface area contributed by atoms with Crippen LogP contribution in [0.1, 0.15) is 5.56 Å². The molecule has 0 N–H and O–H groups in total. The predicted octanol–water partition coefficient (Wildman–Crippen LogP) is 3.35. The van der Waals surface area contributed by atoms with Crippen LogP contribution in [0.5, 0.6) is 0 Å². The van der Waals surface area contributed by atoms with Crippen molar-refractivity contribution in [3.8, 4) is 11.4 Å². The summed E-state index contributed by atoms with van der Waals surface area (Å²) in [5.74, 6) is 0.771. The third kappa shape index (κ3) is 2.89. The number of nitrogens with zero attached hydrogens (tertiary/aromatic N) is 5. The Morgan fingerprint density at radius 1 is 1.04 bits per heavy atom. The fraction of sp³-hybridized carbons (Fsp3) is 0.0625. The molecule has 9 heteroatoms. The minimum absolute atomic E-state index is 0.0322. The van der Waals surface area contributed by atoms with Gasteiger partial charge in [-0.3, -0.25) is 10.1 Å². The Hall–Kier alpha value is -3.07. The van der Waals surface area contributed by atoms with Crippen LogP contribution in [0.25, 0.3) is 11.4 Å². The number of hydrogen-bond acceptors (Lipinski definition) is 6. The number of nitro groups is 1. The van der Waals surface area contributed by atoms with E-state index in [1.54, 1.807) is 28.9 Å². The first-order valence-electron chi connectivity index (χ1n) is 7.28. The Bertz CT molecular complexity index is 983. The summed E-state index contributed by atoms with van der Waals surface area (Å²) in [5, 5.41) is 24.2. The number of nitro benzene ring substituents is 1. The van der Waals surface area contributed by atoms with Crippen LogP contribution in [0.4, 0.5) is 10.1 Å². The first-order chi connectivity index (χ1) is 12.1. The molecule has 0 saturated carbocycles. The Labute approximate surface area is 145 Å². The van der Waals surface area contributed by atoms with E-state index in [-0.39, 0.29) is 11.5 Å². The molecule has 0 aliphatic carbocycles. The molecule has 0 unspecified atom stereocenters. The monoisotopic (exact) mass is 355 g/mol. The number of aromatic nitrogens is 3. The lowest BCUT2D eigenvalue weighted by Gasteiger charge is -2.13. The topological polar surface area (TPSA) is 86.2 Å². The van der Waals surface area contributed by atoms with Crippen LogP contribution in [0.15, 0.2) is 58.8 Å². The largest absolute Gasteiger partial charge is 0.269 e. The van der Waals surface area contributed by atoms with E-state index in [1.807, 2.05) is 0 Å². The lowest BCUT2D eigenvalue weighted by Crippen LogP contribution is -2.13. The summed E-state index contributed by atoms with van der Waals surface area (Å²) < 4.78 is 14.7. The van der Waals surface area contributed by atoms with Gasteiger partial charge in [-0.15, -0.1) is 10.2 Å². The zero-order chi connectivity index (χ0) is 17.4. The van der Waals surface area contributed by atoms with Crippen molar-refractivity contribution in [3.63, 3.8) is 0 Å². The summed E-state index contributed by atoms with van der Waals surface area (Å²) in [4.78, 5) is 10.3. The summed E-state index contributed by atoms with van der Waals surface area (Å²) in [6.07, 6.45) is 0. The maximum atomic E-state index is 13.1. The van der Waals surface area contributed by atoms with E-state index in [2.05, 4.69) is 15.3 Å². The van der Waals surface area contributed by atoms with Gasteiger partial charge in [0, 0.05) is 23.4 Å². The van der Waals surface area contributed by atoms with Crippen LogP contribution in [0.2, 0.25) is 0 Å². The highest BCUT2D eigenvalue weighted by molar-refractivity contribution is 7.99. The average Bonchev–Trinajstić information content (AvgIpc) is 3.05. The number of benzene rings is 2. The van der Waals surface area contributed by atoms with Crippen molar-refractivity contribution in [2.45, 2.75) is 5.16 Å². The molecule has 0 atom stereocenters. The van der Waals surface area contributed by atoms with E-state index < -0.39 is 4.92 Å². The first kappa shape index (κ1) is 15.5. The molecule has 0 amide bonds. The number of thioether (sulfide) groups is 1. The molecule has 4 rings (SSSR count). The number of hydrogen-bond donors (Lipinski definition) is 0. The van der Waals surface area contributed by atoms with Gasteiger partial charge in [0.05, 0.1) is 10.6 Å². The van der Waals surface area contributed by atoms with Crippen molar-refractivity contribution >= 4 is 23.2 Å². The van der Waals surface area contributed by atoms with Crippen LogP contribution < -0.4 is 0 Å². The Morgan fingerprint density at radius 3 is 2.40 bits per heavy atom. The number of fused-ring (bicyclic) bond motifs is 1. The highest BCUT2D eigenvalue weighted by Gasteiger charge is 2.21. The van der Waals surface area contributed by atoms with Crippen molar-refractivity contribution in [2.75, 3.05) is 5.75 Å². The van der Waals surface area contributed by atoms with Gasteiger partial charge in [-0.25, -0.2) is 4.39 Å². The molecule has 25 heavy (non-hydrogen) atoms. The van der Waals surface area contributed by atoms with E-state index in [1.165, 1.54) is 36.0 Å². The summed E-state index contributed by atoms with van der Waals surface area (Å²) >= 11 is 1.47. The highest BCUT2D eigenvalue weighted by Crippen LogP contribution is 2.28. The molecule has 1 aromatic heterocycles. The van der Waals surface area contributed by atoms with Gasteiger partial charge in [0.15, 0.2) is 5.82 Å². The molecule has 3 aromatic rings. The highest BCUT2D eigenvalue weighted by atomic mass is 32.2. The van der Waals surface area contributed by atoms with Crippen LogP contribution in [-0.2, 0) is 0 Å². The number of rotatable bonds is 3. The van der Waals surface area contributed by atoms with Gasteiger partial charge in [0.2, 0.25) is 5.16 Å². The Kier molecular flexibility index (Phi) is 3.77. The second-order valence-corrected chi connectivity index (χ2v) is 6.21. The quantitative estimate of drug-likeness (QED) is 0.531. The summed E-state index contributed by atoms with van der Waals surface area (Å²) in [7, 11) is 0. The van der Waals surface area contributed by atoms with Crippen molar-refractivity contribution in [2.24, 2.45) is 5.10 Å². The van der Waals surface area contributed by atoms with Gasteiger partial charge >= 0.3 is 0 Å². The molecule has 124 valence electrons. The predicted molar refractivity (Wildman–Crippen MR) is 91.2 cm³/mol. The lowest BCUT2D eigenvalue weighted by atomic mass is 10.1. The molecule has 0 saturated heterocycles. The molecule has 7 nitrogen and oxygen atoms in total. The van der Waals surface area contributed by atoms with Gasteiger partial charge in [-0.2, -0.15) is 9.78 Å². The maximum absolute atomic E-state index is 13.1.